The number of nitrogens with zero attached hydrogens (tertiary/aromatic N) is 2. The summed E-state index contributed by atoms with van der Waals surface area (Å²) in [7, 11) is 1.98. The van der Waals surface area contributed by atoms with E-state index >= 15 is 0 Å². The molecule has 2 aromatic rings. The number of hydrogen-bond donors (Lipinski definition) is 0. The van der Waals surface area contributed by atoms with E-state index in [9.17, 15) is 4.79 Å². The molecule has 0 saturated heterocycles. The molecule has 0 amide bonds. The molecule has 29 heavy (non-hydrogen) atoms. The number of rotatable bonds is 6. The lowest BCUT2D eigenvalue weighted by Gasteiger charge is -2.19. The summed E-state index contributed by atoms with van der Waals surface area (Å²) < 4.78 is 5.73. The Morgan fingerprint density at radius 1 is 0.931 bits per heavy atom. The lowest BCUT2D eigenvalue weighted by molar-refractivity contribution is 0.0470. The van der Waals surface area contributed by atoms with Crippen LogP contribution in [0.5, 0.6) is 0 Å². The summed E-state index contributed by atoms with van der Waals surface area (Å²) in [5.74, 6) is -0.290. The first-order valence-corrected chi connectivity index (χ1v) is 10.2. The number of carbonyl (C=O) groups excluding carboxylic acids is 1. The molecule has 0 fully saturated rings. The number of aryl methyl sites for hydroxylation is 2. The minimum absolute atomic E-state index is 0.290. The van der Waals surface area contributed by atoms with Crippen LogP contribution in [-0.2, 0) is 11.3 Å². The van der Waals surface area contributed by atoms with Crippen molar-refractivity contribution in [3.8, 4) is 0 Å². The van der Waals surface area contributed by atoms with Gasteiger partial charge in [-0.25, -0.2) is 9.79 Å². The summed E-state index contributed by atoms with van der Waals surface area (Å²) in [4.78, 5) is 19.3. The molecule has 0 heterocycles. The van der Waals surface area contributed by atoms with Crippen molar-refractivity contribution in [2.75, 3.05) is 13.6 Å². The van der Waals surface area contributed by atoms with Gasteiger partial charge in [0.25, 0.3) is 0 Å². The van der Waals surface area contributed by atoms with E-state index in [1.165, 1.54) is 27.8 Å². The molecule has 2 rings (SSSR count). The normalized spacial score (nSPS) is 11.2. The minimum Gasteiger partial charge on any atom is -0.457 e. The van der Waals surface area contributed by atoms with Crippen LogP contribution in [0.2, 0.25) is 0 Å². The monoisotopic (exact) mass is 394 g/mol. The zero-order valence-electron chi connectivity index (χ0n) is 19.4. The largest absolute Gasteiger partial charge is 0.457 e. The van der Waals surface area contributed by atoms with Gasteiger partial charge in [0, 0.05) is 13.6 Å². The van der Waals surface area contributed by atoms with Crippen LogP contribution in [0.3, 0.4) is 0 Å². The first-order valence-electron chi connectivity index (χ1n) is 10.2. The van der Waals surface area contributed by atoms with E-state index in [1.807, 2.05) is 44.3 Å². The predicted octanol–water partition coefficient (Wildman–Crippen LogP) is 5.81. The minimum atomic E-state index is -0.290. The van der Waals surface area contributed by atoms with Gasteiger partial charge in [0.05, 0.1) is 17.6 Å². The number of aliphatic imine (C=N–C) groups is 1. The Morgan fingerprint density at radius 3 is 2.03 bits per heavy atom. The van der Waals surface area contributed by atoms with Crippen molar-refractivity contribution in [2.45, 2.75) is 62.0 Å². The molecular weight excluding hydrogens is 360 g/mol. The summed E-state index contributed by atoms with van der Waals surface area (Å²) in [6.07, 6.45) is 1.81. The molecule has 0 aliphatic carbocycles. The highest BCUT2D eigenvalue weighted by Crippen LogP contribution is 2.28. The Kier molecular flexibility index (Phi) is 7.23. The maximum atomic E-state index is 12.8. The maximum absolute atomic E-state index is 12.8. The van der Waals surface area contributed by atoms with E-state index in [4.69, 9.17) is 4.74 Å². The van der Waals surface area contributed by atoms with Crippen LogP contribution in [0.1, 0.15) is 61.8 Å². The molecule has 0 radical (unpaired) electrons. The van der Waals surface area contributed by atoms with Crippen LogP contribution in [0.15, 0.2) is 17.1 Å². The molecule has 0 aromatic heterocycles. The topological polar surface area (TPSA) is 41.9 Å². The SMILES string of the molecule is CCN(C)/C=N/c1cc(C)c(C(=O)OCc2c(C)c(C)c(C)c(C)c2C)cc1C. The first kappa shape index (κ1) is 22.7. The fourth-order valence-corrected chi connectivity index (χ4v) is 3.41. The van der Waals surface area contributed by atoms with E-state index in [-0.39, 0.29) is 12.6 Å². The lowest BCUT2D eigenvalue weighted by atomic mass is 9.90. The number of ether oxygens (including phenoxy) is 1. The van der Waals surface area contributed by atoms with Gasteiger partial charge in [-0.05, 0) is 112 Å². The highest BCUT2D eigenvalue weighted by atomic mass is 16.5. The number of carbonyl (C=O) groups is 1. The molecule has 4 heteroatoms. The van der Waals surface area contributed by atoms with Gasteiger partial charge in [-0.15, -0.1) is 0 Å². The van der Waals surface area contributed by atoms with Gasteiger partial charge >= 0.3 is 5.97 Å². The average molecular weight is 395 g/mol. The van der Waals surface area contributed by atoms with Gasteiger partial charge in [-0.3, -0.25) is 0 Å². The summed E-state index contributed by atoms with van der Waals surface area (Å²) in [5, 5.41) is 0. The molecule has 0 spiro atoms. The molecule has 2 aromatic carbocycles. The van der Waals surface area contributed by atoms with Crippen molar-refractivity contribution >= 4 is 18.0 Å². The van der Waals surface area contributed by atoms with Crippen molar-refractivity contribution in [1.29, 1.82) is 0 Å². The first-order chi connectivity index (χ1) is 13.6. The zero-order chi connectivity index (χ0) is 21.9. The molecule has 0 unspecified atom stereocenters. The van der Waals surface area contributed by atoms with Crippen LogP contribution < -0.4 is 0 Å². The van der Waals surface area contributed by atoms with Gasteiger partial charge in [0.2, 0.25) is 0 Å². The zero-order valence-corrected chi connectivity index (χ0v) is 19.4. The summed E-state index contributed by atoms with van der Waals surface area (Å²) in [5.41, 5.74) is 10.7. The highest BCUT2D eigenvalue weighted by Gasteiger charge is 2.17. The third kappa shape index (κ3) is 4.87. The number of benzene rings is 2. The van der Waals surface area contributed by atoms with Gasteiger partial charge in [0.1, 0.15) is 6.61 Å². The van der Waals surface area contributed by atoms with Crippen LogP contribution in [0.4, 0.5) is 5.69 Å². The molecule has 0 N–H and O–H groups in total. The van der Waals surface area contributed by atoms with Crippen LogP contribution in [0, 0.1) is 48.5 Å². The maximum Gasteiger partial charge on any atom is 0.338 e. The number of esters is 1. The number of hydrogen-bond acceptors (Lipinski definition) is 3. The van der Waals surface area contributed by atoms with Crippen LogP contribution >= 0.6 is 0 Å². The second-order valence-corrected chi connectivity index (χ2v) is 7.95. The predicted molar refractivity (Wildman–Crippen MR) is 122 cm³/mol. The van der Waals surface area contributed by atoms with Crippen molar-refractivity contribution in [1.82, 2.24) is 4.90 Å². The molecule has 4 nitrogen and oxygen atoms in total. The fraction of sp³-hybridized carbons (Fsp3) is 0.440. The molecule has 0 saturated carbocycles. The molecule has 0 aliphatic rings. The van der Waals surface area contributed by atoms with Crippen LogP contribution in [0.25, 0.3) is 0 Å². The molecule has 0 atom stereocenters. The van der Waals surface area contributed by atoms with Crippen molar-refractivity contribution < 1.29 is 9.53 Å². The Balaban J connectivity index is 2.25. The third-order valence-electron chi connectivity index (χ3n) is 6.16. The molecule has 156 valence electrons. The quantitative estimate of drug-likeness (QED) is 0.352. The van der Waals surface area contributed by atoms with E-state index < -0.39 is 0 Å². The second kappa shape index (κ2) is 9.25. The highest BCUT2D eigenvalue weighted by molar-refractivity contribution is 5.92. The summed E-state index contributed by atoms with van der Waals surface area (Å²) in [6, 6.07) is 3.82. The van der Waals surface area contributed by atoms with Crippen molar-refractivity contribution in [3.05, 3.63) is 62.2 Å². The van der Waals surface area contributed by atoms with E-state index in [2.05, 4.69) is 46.5 Å². The molecular formula is C25H34N2O2. The Bertz CT molecular complexity index is 929. The van der Waals surface area contributed by atoms with Crippen molar-refractivity contribution in [2.24, 2.45) is 4.99 Å². The fourth-order valence-electron chi connectivity index (χ4n) is 3.41. The van der Waals surface area contributed by atoms with Gasteiger partial charge < -0.3 is 9.64 Å². The van der Waals surface area contributed by atoms with Gasteiger partial charge in [-0.2, -0.15) is 0 Å². The Hall–Kier alpha value is -2.62. The van der Waals surface area contributed by atoms with Gasteiger partial charge in [0.15, 0.2) is 0 Å². The summed E-state index contributed by atoms with van der Waals surface area (Å²) in [6.45, 7) is 17.8. The van der Waals surface area contributed by atoms with Gasteiger partial charge in [-0.1, -0.05) is 0 Å². The van der Waals surface area contributed by atoms with E-state index in [1.54, 1.807) is 0 Å². The standard InChI is InChI=1S/C25H34N2O2/c1-10-27(9)14-26-24-12-15(2)22(11-16(24)3)25(28)29-13-23-20(7)18(5)17(4)19(6)21(23)8/h11-12,14H,10,13H2,1-9H3/b26-14+. The van der Waals surface area contributed by atoms with Crippen LogP contribution in [-0.4, -0.2) is 30.8 Å². The molecule has 0 aliphatic heterocycles. The Morgan fingerprint density at radius 2 is 1.48 bits per heavy atom. The molecule has 0 bridgehead atoms. The van der Waals surface area contributed by atoms with Crippen molar-refractivity contribution in [3.63, 3.8) is 0 Å². The Labute approximate surface area is 175 Å². The average Bonchev–Trinajstić information content (AvgIpc) is 2.70. The van der Waals surface area contributed by atoms with E-state index in [0.29, 0.717) is 5.56 Å². The third-order valence-corrected chi connectivity index (χ3v) is 6.16. The van der Waals surface area contributed by atoms with E-state index in [0.717, 1.165) is 28.9 Å². The summed E-state index contributed by atoms with van der Waals surface area (Å²) >= 11 is 0. The lowest BCUT2D eigenvalue weighted by Crippen LogP contribution is -2.14. The smallest absolute Gasteiger partial charge is 0.338 e. The second-order valence-electron chi connectivity index (χ2n) is 7.95.